The highest BCUT2D eigenvalue weighted by atomic mass is 15.2. The second kappa shape index (κ2) is 14.5. The zero-order chi connectivity index (χ0) is 46.2. The first-order valence-electron chi connectivity index (χ1n) is 24.6. The predicted molar refractivity (Wildman–Crippen MR) is 286 cm³/mol. The van der Waals surface area contributed by atoms with Crippen molar-refractivity contribution in [3.63, 3.8) is 0 Å². The van der Waals surface area contributed by atoms with Crippen LogP contribution in [0.2, 0.25) is 0 Å². The second-order valence-electron chi connectivity index (χ2n) is 20.7. The number of nitrogens with zero attached hydrogens (tertiary/aromatic N) is 1. The number of fused-ring (bicyclic) bond motifs is 15. The van der Waals surface area contributed by atoms with Crippen LogP contribution in [0, 0.1) is 0 Å². The van der Waals surface area contributed by atoms with E-state index in [1.807, 2.05) is 0 Å². The minimum absolute atomic E-state index is 0.0852. The van der Waals surface area contributed by atoms with Crippen molar-refractivity contribution in [2.24, 2.45) is 0 Å². The highest BCUT2D eigenvalue weighted by Gasteiger charge is 2.53. The first-order chi connectivity index (χ1) is 33.8. The minimum Gasteiger partial charge on any atom is -0.310 e. The molecule has 14 rings (SSSR count). The van der Waals surface area contributed by atoms with Crippen molar-refractivity contribution in [3.8, 4) is 44.5 Å². The van der Waals surface area contributed by atoms with Gasteiger partial charge in [0.05, 0.1) is 16.8 Å². The Morgan fingerprint density at radius 1 is 0.319 bits per heavy atom. The van der Waals surface area contributed by atoms with Gasteiger partial charge in [0.2, 0.25) is 0 Å². The van der Waals surface area contributed by atoms with Gasteiger partial charge in [-0.3, -0.25) is 0 Å². The van der Waals surface area contributed by atoms with Gasteiger partial charge < -0.3 is 4.90 Å². The standard InChI is InChI=1S/C68H51N/c1-66(2)55-33-14-12-28-52(55)64-53(31-21-37-59(64)66)63(43-40-41-48-46-25-10-13-32-54(46)67(3,4)60(48)42-43)49-27-9-8-24-45(49)50-29-20-30-51-47-26-11-15-34-56(47)68(65(50)51)57-35-16-18-38-61(57)69(44-22-6-5-7-23-44)62-39-19-17-36-58(62)68/h5-42,63H,1-4H3. The third-order valence-electron chi connectivity index (χ3n) is 16.6. The van der Waals surface area contributed by atoms with Crippen molar-refractivity contribution >= 4 is 17.1 Å². The summed E-state index contributed by atoms with van der Waals surface area (Å²) in [5, 5.41) is 0. The Morgan fingerprint density at radius 2 is 0.768 bits per heavy atom. The largest absolute Gasteiger partial charge is 0.310 e. The van der Waals surface area contributed by atoms with Crippen molar-refractivity contribution in [2.45, 2.75) is 49.9 Å². The van der Waals surface area contributed by atoms with Gasteiger partial charge in [0, 0.05) is 22.4 Å². The number of rotatable bonds is 5. The molecule has 328 valence electrons. The molecule has 1 heteroatoms. The summed E-state index contributed by atoms with van der Waals surface area (Å²) in [6.07, 6.45) is 0. The van der Waals surface area contributed by atoms with Crippen molar-refractivity contribution in [3.05, 3.63) is 292 Å². The summed E-state index contributed by atoms with van der Waals surface area (Å²) in [6, 6.07) is 87.7. The van der Waals surface area contributed by atoms with Crippen molar-refractivity contribution in [1.29, 1.82) is 0 Å². The van der Waals surface area contributed by atoms with Crippen LogP contribution in [0.15, 0.2) is 231 Å². The maximum Gasteiger partial charge on any atom is 0.0760 e. The van der Waals surface area contributed by atoms with E-state index in [4.69, 9.17) is 0 Å². The number of para-hydroxylation sites is 3. The molecule has 1 aliphatic heterocycles. The van der Waals surface area contributed by atoms with Crippen molar-refractivity contribution in [1.82, 2.24) is 0 Å². The molecule has 0 bridgehead atoms. The Balaban J connectivity index is 1.07. The Hall–Kier alpha value is -8.00. The van der Waals surface area contributed by atoms with Crippen LogP contribution in [0.25, 0.3) is 44.5 Å². The smallest absolute Gasteiger partial charge is 0.0760 e. The number of benzene rings is 10. The SMILES string of the molecule is CC1(C)c2ccccc2-c2ccc(C(c3ccccc3-c3cccc4c3C3(c5ccccc5-4)c4ccccc4N(c4ccccc4)c4ccccc43)c3cccc4c3-c3ccccc3C4(C)C)cc21. The van der Waals surface area contributed by atoms with Crippen LogP contribution in [0.1, 0.15) is 94.8 Å². The van der Waals surface area contributed by atoms with Crippen LogP contribution in [0.3, 0.4) is 0 Å². The third-order valence-corrected chi connectivity index (χ3v) is 16.6. The summed E-state index contributed by atoms with van der Waals surface area (Å²) < 4.78 is 0. The Morgan fingerprint density at radius 3 is 1.46 bits per heavy atom. The van der Waals surface area contributed by atoms with Crippen molar-refractivity contribution < 1.29 is 0 Å². The molecule has 0 saturated heterocycles. The highest BCUT2D eigenvalue weighted by Crippen LogP contribution is 2.65. The van der Waals surface area contributed by atoms with Crippen LogP contribution < -0.4 is 4.90 Å². The summed E-state index contributed by atoms with van der Waals surface area (Å²) in [4.78, 5) is 2.48. The number of hydrogen-bond donors (Lipinski definition) is 0. The summed E-state index contributed by atoms with van der Waals surface area (Å²) in [5.41, 5.74) is 28.0. The van der Waals surface area contributed by atoms with Gasteiger partial charge in [-0.25, -0.2) is 0 Å². The lowest BCUT2D eigenvalue weighted by molar-refractivity contribution is 0.658. The van der Waals surface area contributed by atoms with Crippen LogP contribution >= 0.6 is 0 Å². The molecular weight excluding hydrogens is 831 g/mol. The van der Waals surface area contributed by atoms with Gasteiger partial charge in [0.1, 0.15) is 0 Å². The molecule has 0 radical (unpaired) electrons. The molecule has 1 nitrogen and oxygen atoms in total. The third kappa shape index (κ3) is 5.31. The Kier molecular flexibility index (Phi) is 8.43. The minimum atomic E-state index is -0.607. The van der Waals surface area contributed by atoms with E-state index in [2.05, 4.69) is 263 Å². The first-order valence-corrected chi connectivity index (χ1v) is 24.6. The first kappa shape index (κ1) is 40.1. The van der Waals surface area contributed by atoms with E-state index in [1.165, 1.54) is 117 Å². The second-order valence-corrected chi connectivity index (χ2v) is 20.7. The van der Waals surface area contributed by atoms with Gasteiger partial charge in [0.15, 0.2) is 0 Å². The molecule has 1 heterocycles. The topological polar surface area (TPSA) is 3.24 Å². The maximum absolute atomic E-state index is 2.57. The lowest BCUT2D eigenvalue weighted by atomic mass is 9.63. The van der Waals surface area contributed by atoms with Crippen LogP contribution in [-0.4, -0.2) is 0 Å². The molecule has 1 atom stereocenters. The van der Waals surface area contributed by atoms with Gasteiger partial charge in [-0.05, 0) is 130 Å². The molecule has 0 aromatic heterocycles. The van der Waals surface area contributed by atoms with Crippen LogP contribution in [0.5, 0.6) is 0 Å². The Bertz CT molecular complexity index is 3710. The monoisotopic (exact) mass is 881 g/mol. The molecule has 69 heavy (non-hydrogen) atoms. The fourth-order valence-electron chi connectivity index (χ4n) is 13.7. The summed E-state index contributed by atoms with van der Waals surface area (Å²) in [5.74, 6) is -0.0852. The van der Waals surface area contributed by atoms with Gasteiger partial charge in [0.25, 0.3) is 0 Å². The van der Waals surface area contributed by atoms with E-state index >= 15 is 0 Å². The van der Waals surface area contributed by atoms with E-state index in [9.17, 15) is 0 Å². The highest BCUT2D eigenvalue weighted by molar-refractivity contribution is 5.99. The molecule has 10 aromatic carbocycles. The Labute approximate surface area is 406 Å². The zero-order valence-electron chi connectivity index (χ0n) is 39.5. The fourth-order valence-corrected chi connectivity index (χ4v) is 13.7. The maximum atomic E-state index is 2.57. The van der Waals surface area contributed by atoms with Crippen LogP contribution in [-0.2, 0) is 16.2 Å². The number of anilines is 3. The molecule has 3 aliphatic carbocycles. The average molecular weight is 882 g/mol. The average Bonchev–Trinajstić information content (AvgIpc) is 3.92. The molecule has 4 aliphatic rings. The molecule has 10 aromatic rings. The molecule has 0 saturated carbocycles. The zero-order valence-corrected chi connectivity index (χ0v) is 39.5. The predicted octanol–water partition coefficient (Wildman–Crippen LogP) is 17.3. The van der Waals surface area contributed by atoms with Gasteiger partial charge in [-0.15, -0.1) is 0 Å². The van der Waals surface area contributed by atoms with Crippen LogP contribution in [0.4, 0.5) is 17.1 Å². The molecule has 1 unspecified atom stereocenters. The fraction of sp³-hybridized carbons (Fsp3) is 0.118. The van der Waals surface area contributed by atoms with Crippen molar-refractivity contribution in [2.75, 3.05) is 4.90 Å². The van der Waals surface area contributed by atoms with E-state index in [-0.39, 0.29) is 16.7 Å². The molecule has 0 N–H and O–H groups in total. The normalized spacial score (nSPS) is 15.8. The summed E-state index contributed by atoms with van der Waals surface area (Å²) in [6.45, 7) is 9.63. The van der Waals surface area contributed by atoms with Gasteiger partial charge in [-0.2, -0.15) is 0 Å². The summed E-state index contributed by atoms with van der Waals surface area (Å²) >= 11 is 0. The van der Waals surface area contributed by atoms with E-state index in [0.717, 1.165) is 5.69 Å². The van der Waals surface area contributed by atoms with E-state index < -0.39 is 5.41 Å². The van der Waals surface area contributed by atoms with Gasteiger partial charge >= 0.3 is 0 Å². The lowest BCUT2D eigenvalue weighted by Gasteiger charge is -2.45. The quantitative estimate of drug-likeness (QED) is 0.156. The van der Waals surface area contributed by atoms with Gasteiger partial charge in [-0.1, -0.05) is 234 Å². The van der Waals surface area contributed by atoms with E-state index in [0.29, 0.717) is 0 Å². The lowest BCUT2D eigenvalue weighted by Crippen LogP contribution is -2.36. The number of hydrogen-bond acceptors (Lipinski definition) is 1. The molecule has 0 amide bonds. The molecular formula is C68H51N. The molecule has 1 spiro atoms. The van der Waals surface area contributed by atoms with E-state index in [1.54, 1.807) is 0 Å². The summed E-state index contributed by atoms with van der Waals surface area (Å²) in [7, 11) is 0. The molecule has 0 fully saturated rings.